The van der Waals surface area contributed by atoms with E-state index in [1.165, 1.54) is 0 Å². The molecule has 0 aromatic rings. The second-order valence-corrected chi connectivity index (χ2v) is 5.97. The van der Waals surface area contributed by atoms with Gasteiger partial charge in [-0.15, -0.1) is 0 Å². The average Bonchev–Trinajstić information content (AvgIpc) is 2.81. The number of amidine groups is 1. The minimum atomic E-state index is -0.215. The number of methoxy groups -OCH3 is 1. The summed E-state index contributed by atoms with van der Waals surface area (Å²) in [4.78, 5) is 10.5. The first-order valence-electron chi connectivity index (χ1n) is 11.4. The standard InChI is InChI=1S/C18H27N3O3.3C2H6/c1-4-18(20-17(19-2)6-5-11-22)21-9-7-14(8-10-21)24-16-12-15(13-16)23-3;3*1-2/h4,14-16,22H,2,7-13H2,1,3H3;3*1-2H3/b18-4+,20-17-;;;. The molecule has 0 aromatic carbocycles. The maximum absolute atomic E-state index is 8.77. The van der Waals surface area contributed by atoms with E-state index in [2.05, 4.69) is 33.4 Å². The van der Waals surface area contributed by atoms with Gasteiger partial charge in [-0.05, 0) is 51.3 Å². The SMILES string of the molecule is C=N/C(C#CCO)=N\C(=C/C)N1CCC(OC2CC(OC)C2)CC1.CC.CC.CC. The summed E-state index contributed by atoms with van der Waals surface area (Å²) < 4.78 is 11.4. The minimum Gasteiger partial charge on any atom is -0.384 e. The van der Waals surface area contributed by atoms with Gasteiger partial charge in [0, 0.05) is 20.2 Å². The Balaban J connectivity index is 0. The van der Waals surface area contributed by atoms with Crippen LogP contribution in [-0.2, 0) is 9.47 Å². The second-order valence-electron chi connectivity index (χ2n) is 5.97. The molecule has 1 heterocycles. The predicted molar refractivity (Wildman–Crippen MR) is 129 cm³/mol. The highest BCUT2D eigenvalue weighted by molar-refractivity contribution is 6.01. The quantitative estimate of drug-likeness (QED) is 0.396. The Kier molecular flexibility index (Phi) is 20.9. The van der Waals surface area contributed by atoms with Gasteiger partial charge in [0.15, 0.2) is 0 Å². The Hall–Kier alpha value is -1.68. The topological polar surface area (TPSA) is 66.7 Å². The van der Waals surface area contributed by atoms with Crippen LogP contribution in [-0.4, -0.2) is 67.7 Å². The van der Waals surface area contributed by atoms with Crippen molar-refractivity contribution >= 4 is 12.6 Å². The smallest absolute Gasteiger partial charge is 0.206 e. The van der Waals surface area contributed by atoms with Crippen LogP contribution in [0.2, 0.25) is 0 Å². The third kappa shape index (κ3) is 11.5. The molecule has 0 amide bonds. The molecular weight excluding hydrogens is 378 g/mol. The van der Waals surface area contributed by atoms with Crippen molar-refractivity contribution in [2.24, 2.45) is 9.98 Å². The van der Waals surface area contributed by atoms with E-state index in [9.17, 15) is 0 Å². The molecule has 1 saturated heterocycles. The lowest BCUT2D eigenvalue weighted by molar-refractivity contribution is -0.125. The highest BCUT2D eigenvalue weighted by atomic mass is 16.5. The highest BCUT2D eigenvalue weighted by Gasteiger charge is 2.33. The first kappa shape index (κ1) is 30.5. The van der Waals surface area contributed by atoms with Crippen LogP contribution < -0.4 is 0 Å². The third-order valence-corrected chi connectivity index (χ3v) is 4.44. The summed E-state index contributed by atoms with van der Waals surface area (Å²) in [7, 11) is 1.76. The lowest BCUT2D eigenvalue weighted by Crippen LogP contribution is -2.43. The molecule has 6 nitrogen and oxygen atoms in total. The fourth-order valence-corrected chi connectivity index (χ4v) is 2.96. The lowest BCUT2D eigenvalue weighted by Gasteiger charge is -2.39. The predicted octanol–water partition coefficient (Wildman–Crippen LogP) is 4.68. The first-order valence-corrected chi connectivity index (χ1v) is 11.4. The number of aliphatic hydroxyl groups excluding tert-OH is 1. The van der Waals surface area contributed by atoms with Crippen molar-refractivity contribution in [3.63, 3.8) is 0 Å². The Morgan fingerprint density at radius 2 is 1.63 bits per heavy atom. The molecule has 6 heteroatoms. The van der Waals surface area contributed by atoms with Crippen LogP contribution in [0.3, 0.4) is 0 Å². The van der Waals surface area contributed by atoms with Crippen molar-refractivity contribution in [2.75, 3.05) is 26.8 Å². The van der Waals surface area contributed by atoms with Gasteiger partial charge in [-0.1, -0.05) is 47.5 Å². The number of rotatable bonds is 5. The van der Waals surface area contributed by atoms with E-state index < -0.39 is 0 Å². The molecule has 2 rings (SSSR count). The van der Waals surface area contributed by atoms with E-state index in [0.29, 0.717) is 24.1 Å². The van der Waals surface area contributed by atoms with E-state index in [0.717, 1.165) is 44.6 Å². The number of piperidine rings is 1. The number of aliphatic hydroxyl groups is 1. The summed E-state index contributed by atoms with van der Waals surface area (Å²) in [6.45, 7) is 19.0. The zero-order valence-electron chi connectivity index (χ0n) is 20.6. The fourth-order valence-electron chi connectivity index (χ4n) is 2.96. The molecule has 30 heavy (non-hydrogen) atoms. The van der Waals surface area contributed by atoms with Crippen LogP contribution in [0.1, 0.15) is 74.1 Å². The van der Waals surface area contributed by atoms with Crippen molar-refractivity contribution in [1.29, 1.82) is 0 Å². The monoisotopic (exact) mass is 423 g/mol. The Morgan fingerprint density at radius 1 is 1.07 bits per heavy atom. The summed E-state index contributed by atoms with van der Waals surface area (Å²) in [6, 6.07) is 0. The third-order valence-electron chi connectivity index (χ3n) is 4.44. The molecule has 174 valence electrons. The van der Waals surface area contributed by atoms with E-state index in [-0.39, 0.29) is 6.61 Å². The molecule has 0 radical (unpaired) electrons. The fraction of sp³-hybridized carbons (Fsp3) is 0.750. The van der Waals surface area contributed by atoms with Crippen LogP contribution in [0, 0.1) is 11.8 Å². The molecule has 1 aliphatic heterocycles. The molecule has 1 aliphatic carbocycles. The number of nitrogens with zero attached hydrogens (tertiary/aromatic N) is 3. The van der Waals surface area contributed by atoms with Gasteiger partial charge in [0.2, 0.25) is 5.84 Å². The van der Waals surface area contributed by atoms with Crippen LogP contribution in [0.4, 0.5) is 0 Å². The van der Waals surface area contributed by atoms with E-state index in [1.54, 1.807) is 7.11 Å². The maximum atomic E-state index is 8.77. The largest absolute Gasteiger partial charge is 0.384 e. The number of ether oxygens (including phenoxy) is 2. The van der Waals surface area contributed by atoms with Crippen LogP contribution in [0.25, 0.3) is 0 Å². The first-order chi connectivity index (χ1) is 14.7. The minimum absolute atomic E-state index is 0.215. The number of hydrogen-bond acceptors (Lipinski definition) is 5. The highest BCUT2D eigenvalue weighted by Crippen LogP contribution is 2.29. The zero-order valence-corrected chi connectivity index (χ0v) is 20.6. The normalized spacial score (nSPS) is 21.2. The Morgan fingerprint density at radius 3 is 2.07 bits per heavy atom. The van der Waals surface area contributed by atoms with Gasteiger partial charge in [-0.3, -0.25) is 0 Å². The van der Waals surface area contributed by atoms with Gasteiger partial charge >= 0.3 is 0 Å². The molecule has 1 saturated carbocycles. The van der Waals surface area contributed by atoms with Crippen LogP contribution in [0.5, 0.6) is 0 Å². The zero-order chi connectivity index (χ0) is 23.4. The average molecular weight is 424 g/mol. The molecular formula is C24H45N3O3. The summed E-state index contributed by atoms with van der Waals surface area (Å²) in [5.41, 5.74) is 0. The molecule has 2 fully saturated rings. The van der Waals surface area contributed by atoms with Gasteiger partial charge in [0.05, 0.1) is 18.3 Å². The Bertz CT molecular complexity index is 536. The second kappa shape index (κ2) is 20.6. The number of allylic oxidation sites excluding steroid dienone is 1. The summed E-state index contributed by atoms with van der Waals surface area (Å²) in [5.74, 6) is 6.41. The molecule has 0 spiro atoms. The van der Waals surface area contributed by atoms with Crippen molar-refractivity contribution in [3.8, 4) is 11.8 Å². The molecule has 1 N–H and O–H groups in total. The van der Waals surface area contributed by atoms with E-state index >= 15 is 0 Å². The van der Waals surface area contributed by atoms with Gasteiger partial charge in [0.1, 0.15) is 12.4 Å². The Labute approximate surface area is 185 Å². The molecule has 0 bridgehead atoms. The van der Waals surface area contributed by atoms with E-state index in [4.69, 9.17) is 14.6 Å². The molecule has 2 aliphatic rings. The van der Waals surface area contributed by atoms with Crippen LogP contribution in [0.15, 0.2) is 21.9 Å². The van der Waals surface area contributed by atoms with Crippen LogP contribution >= 0.6 is 0 Å². The summed E-state index contributed by atoms with van der Waals surface area (Å²) in [5, 5.41) is 8.77. The lowest BCUT2D eigenvalue weighted by atomic mass is 9.91. The van der Waals surface area contributed by atoms with Gasteiger partial charge < -0.3 is 19.5 Å². The van der Waals surface area contributed by atoms with Crippen molar-refractivity contribution < 1.29 is 14.6 Å². The summed E-state index contributed by atoms with van der Waals surface area (Å²) >= 11 is 0. The van der Waals surface area contributed by atoms with Gasteiger partial charge in [0.25, 0.3) is 0 Å². The maximum Gasteiger partial charge on any atom is 0.206 e. The van der Waals surface area contributed by atoms with Crippen molar-refractivity contribution in [3.05, 3.63) is 11.9 Å². The number of hydrogen-bond donors (Lipinski definition) is 1. The van der Waals surface area contributed by atoms with Crippen molar-refractivity contribution in [2.45, 2.75) is 92.5 Å². The number of likely N-dealkylation sites (tertiary alicyclic amines) is 1. The van der Waals surface area contributed by atoms with Gasteiger partial charge in [-0.25, -0.2) is 9.98 Å². The summed E-state index contributed by atoms with van der Waals surface area (Å²) in [6.07, 6.45) is 7.00. The molecule has 0 atom stereocenters. The van der Waals surface area contributed by atoms with Crippen molar-refractivity contribution in [1.82, 2.24) is 4.90 Å². The molecule has 0 aromatic heterocycles. The number of aliphatic imine (C=N–C) groups is 2. The molecule has 0 unspecified atom stereocenters. The van der Waals surface area contributed by atoms with Gasteiger partial charge in [-0.2, -0.15) is 0 Å². The van der Waals surface area contributed by atoms with E-state index in [1.807, 2.05) is 54.5 Å².